The number of nitrogens with zero attached hydrogens (tertiary/aromatic N) is 4. The van der Waals surface area contributed by atoms with Crippen LogP contribution in [0.1, 0.15) is 19.3 Å². The first kappa shape index (κ1) is 10.3. The van der Waals surface area contributed by atoms with Gasteiger partial charge < -0.3 is 10.2 Å². The van der Waals surface area contributed by atoms with E-state index in [4.69, 9.17) is 0 Å². The number of hydrogen-bond donors (Lipinski definition) is 1. The van der Waals surface area contributed by atoms with Crippen LogP contribution in [0.15, 0.2) is 12.5 Å². The maximum Gasteiger partial charge on any atom is 0.169 e. The highest BCUT2D eigenvalue weighted by molar-refractivity contribution is 5.32. The number of nitrogens with one attached hydrogen (secondary N) is 1. The molecule has 0 radical (unpaired) electrons. The van der Waals surface area contributed by atoms with E-state index in [0.29, 0.717) is 6.04 Å². The summed E-state index contributed by atoms with van der Waals surface area (Å²) in [6, 6.07) is 0.575. The van der Waals surface area contributed by atoms with E-state index in [9.17, 15) is 0 Å². The van der Waals surface area contributed by atoms with Gasteiger partial charge in [-0.1, -0.05) is 6.42 Å². The van der Waals surface area contributed by atoms with E-state index in [0.717, 1.165) is 18.9 Å². The van der Waals surface area contributed by atoms with Gasteiger partial charge in [0.15, 0.2) is 5.82 Å². The van der Waals surface area contributed by atoms with E-state index >= 15 is 0 Å². The molecule has 1 unspecified atom stereocenters. The third-order valence-electron chi connectivity index (χ3n) is 2.77. The average Bonchev–Trinajstić information content (AvgIpc) is 2.31. The molecule has 0 amide bonds. The molecule has 0 saturated carbocycles. The Morgan fingerprint density at radius 1 is 1.53 bits per heavy atom. The van der Waals surface area contributed by atoms with Crippen molar-refractivity contribution in [3.63, 3.8) is 0 Å². The van der Waals surface area contributed by atoms with Crippen molar-refractivity contribution in [3.8, 4) is 0 Å². The number of piperidine rings is 1. The summed E-state index contributed by atoms with van der Waals surface area (Å²) in [5.41, 5.74) is 0. The Morgan fingerprint density at radius 2 is 2.47 bits per heavy atom. The van der Waals surface area contributed by atoms with Crippen LogP contribution in [-0.2, 0) is 0 Å². The van der Waals surface area contributed by atoms with E-state index in [2.05, 4.69) is 25.4 Å². The predicted octanol–water partition coefficient (Wildman–Crippen LogP) is 0.450. The molecule has 0 spiro atoms. The maximum atomic E-state index is 4.03. The minimum Gasteiger partial charge on any atom is -0.355 e. The smallest absolute Gasteiger partial charge is 0.169 e. The van der Waals surface area contributed by atoms with Crippen LogP contribution in [0.2, 0.25) is 0 Å². The highest BCUT2D eigenvalue weighted by Crippen LogP contribution is 2.10. The molecule has 2 heterocycles. The second-order valence-electron chi connectivity index (χ2n) is 3.99. The molecule has 1 fully saturated rings. The molecule has 1 aromatic rings. The van der Waals surface area contributed by atoms with Crippen molar-refractivity contribution in [2.24, 2.45) is 0 Å². The van der Waals surface area contributed by atoms with Gasteiger partial charge >= 0.3 is 0 Å². The number of aromatic nitrogens is 3. The number of anilines is 1. The average molecular weight is 207 g/mol. The zero-order valence-corrected chi connectivity index (χ0v) is 9.06. The van der Waals surface area contributed by atoms with Crippen LogP contribution in [0, 0.1) is 0 Å². The maximum absolute atomic E-state index is 4.03. The molecular formula is C10H17N5. The molecule has 0 aliphatic carbocycles. The topological polar surface area (TPSA) is 53.9 Å². The van der Waals surface area contributed by atoms with Gasteiger partial charge in [-0.15, -0.1) is 10.2 Å². The van der Waals surface area contributed by atoms with Crippen LogP contribution in [0.5, 0.6) is 0 Å². The molecule has 1 aliphatic heterocycles. The Labute approximate surface area is 89.9 Å². The molecule has 82 valence electrons. The van der Waals surface area contributed by atoms with Crippen molar-refractivity contribution >= 4 is 5.82 Å². The molecule has 1 aliphatic rings. The van der Waals surface area contributed by atoms with E-state index in [1.54, 1.807) is 6.20 Å². The Hall–Kier alpha value is -1.23. The van der Waals surface area contributed by atoms with Crippen LogP contribution < -0.4 is 10.2 Å². The zero-order valence-electron chi connectivity index (χ0n) is 9.06. The lowest BCUT2D eigenvalue weighted by Crippen LogP contribution is -2.42. The highest BCUT2D eigenvalue weighted by Gasteiger charge is 2.15. The summed E-state index contributed by atoms with van der Waals surface area (Å²) in [6.07, 6.45) is 7.07. The molecule has 0 aromatic carbocycles. The van der Waals surface area contributed by atoms with Gasteiger partial charge in [-0.2, -0.15) is 0 Å². The van der Waals surface area contributed by atoms with Crippen molar-refractivity contribution in [1.29, 1.82) is 0 Å². The fourth-order valence-electron chi connectivity index (χ4n) is 1.92. The van der Waals surface area contributed by atoms with Crippen LogP contribution in [-0.4, -0.2) is 41.4 Å². The zero-order chi connectivity index (χ0) is 10.5. The largest absolute Gasteiger partial charge is 0.355 e. The summed E-state index contributed by atoms with van der Waals surface area (Å²) >= 11 is 0. The number of likely N-dealkylation sites (N-methyl/N-ethyl adjacent to an activating group) is 1. The van der Waals surface area contributed by atoms with Gasteiger partial charge in [0.25, 0.3) is 0 Å². The van der Waals surface area contributed by atoms with Crippen molar-refractivity contribution < 1.29 is 0 Å². The monoisotopic (exact) mass is 207 g/mol. The second-order valence-corrected chi connectivity index (χ2v) is 3.99. The predicted molar refractivity (Wildman–Crippen MR) is 58.7 cm³/mol. The van der Waals surface area contributed by atoms with Crippen LogP contribution in [0.25, 0.3) is 0 Å². The van der Waals surface area contributed by atoms with E-state index in [-0.39, 0.29) is 0 Å². The minimum atomic E-state index is 0.575. The van der Waals surface area contributed by atoms with Crippen LogP contribution in [0.3, 0.4) is 0 Å². The van der Waals surface area contributed by atoms with Gasteiger partial charge in [0.1, 0.15) is 6.33 Å². The van der Waals surface area contributed by atoms with Crippen molar-refractivity contribution in [3.05, 3.63) is 12.5 Å². The Morgan fingerprint density at radius 3 is 3.13 bits per heavy atom. The summed E-state index contributed by atoms with van der Waals surface area (Å²) < 4.78 is 0. The van der Waals surface area contributed by atoms with Crippen LogP contribution in [0.4, 0.5) is 5.82 Å². The highest BCUT2D eigenvalue weighted by atomic mass is 15.3. The lowest BCUT2D eigenvalue weighted by Gasteiger charge is -2.28. The fraction of sp³-hybridized carbons (Fsp3) is 0.700. The summed E-state index contributed by atoms with van der Waals surface area (Å²) in [7, 11) is 2.03. The molecule has 1 aromatic heterocycles. The summed E-state index contributed by atoms with van der Waals surface area (Å²) in [6.45, 7) is 2.11. The lowest BCUT2D eigenvalue weighted by atomic mass is 10.0. The molecule has 15 heavy (non-hydrogen) atoms. The first-order chi connectivity index (χ1) is 7.36. The Kier molecular flexibility index (Phi) is 3.45. The molecular weight excluding hydrogens is 190 g/mol. The van der Waals surface area contributed by atoms with Gasteiger partial charge in [0, 0.05) is 19.6 Å². The third kappa shape index (κ3) is 2.86. The van der Waals surface area contributed by atoms with Gasteiger partial charge in [-0.3, -0.25) is 0 Å². The Bertz CT molecular complexity index is 283. The normalized spacial score (nSPS) is 21.3. The molecule has 2 rings (SSSR count). The molecule has 5 nitrogen and oxygen atoms in total. The number of rotatable bonds is 3. The number of hydrogen-bond acceptors (Lipinski definition) is 5. The standard InChI is InChI=1S/C10H17N5/c1-15(10-6-11-8-13-14-10)7-9-4-2-3-5-12-9/h6,8-9,12H,2-5,7H2,1H3. The summed E-state index contributed by atoms with van der Waals surface area (Å²) in [5, 5.41) is 11.3. The first-order valence-electron chi connectivity index (χ1n) is 5.43. The van der Waals surface area contributed by atoms with Crippen molar-refractivity contribution in [1.82, 2.24) is 20.5 Å². The van der Waals surface area contributed by atoms with Gasteiger partial charge in [-0.25, -0.2) is 4.98 Å². The second kappa shape index (κ2) is 5.02. The van der Waals surface area contributed by atoms with E-state index in [1.807, 2.05) is 7.05 Å². The molecule has 1 saturated heterocycles. The molecule has 1 atom stereocenters. The van der Waals surface area contributed by atoms with Gasteiger partial charge in [0.05, 0.1) is 6.20 Å². The fourth-order valence-corrected chi connectivity index (χ4v) is 1.92. The van der Waals surface area contributed by atoms with Crippen molar-refractivity contribution in [2.75, 3.05) is 25.0 Å². The van der Waals surface area contributed by atoms with Crippen LogP contribution >= 0.6 is 0 Å². The van der Waals surface area contributed by atoms with Crippen molar-refractivity contribution in [2.45, 2.75) is 25.3 Å². The summed E-state index contributed by atoms with van der Waals surface area (Å²) in [4.78, 5) is 6.06. The third-order valence-corrected chi connectivity index (χ3v) is 2.77. The molecule has 1 N–H and O–H groups in total. The van der Waals surface area contributed by atoms with E-state index in [1.165, 1.54) is 25.6 Å². The molecule has 5 heteroatoms. The van der Waals surface area contributed by atoms with E-state index < -0.39 is 0 Å². The quantitative estimate of drug-likeness (QED) is 0.780. The van der Waals surface area contributed by atoms with Gasteiger partial charge in [-0.05, 0) is 19.4 Å². The SMILES string of the molecule is CN(CC1CCCCN1)c1cncnn1. The Balaban J connectivity index is 1.88. The summed E-state index contributed by atoms with van der Waals surface area (Å²) in [5.74, 6) is 0.838. The first-order valence-corrected chi connectivity index (χ1v) is 5.43. The lowest BCUT2D eigenvalue weighted by molar-refractivity contribution is 0.402. The van der Waals surface area contributed by atoms with Gasteiger partial charge in [0.2, 0.25) is 0 Å². The molecule has 0 bridgehead atoms. The minimum absolute atomic E-state index is 0.575.